The topological polar surface area (TPSA) is 54.6 Å². The minimum atomic E-state index is -4.78. The van der Waals surface area contributed by atoms with Crippen molar-refractivity contribution >= 4 is 22.3 Å². The van der Waals surface area contributed by atoms with Crippen LogP contribution < -0.4 is 0 Å². The zero-order valence-electron chi connectivity index (χ0n) is 12.1. The van der Waals surface area contributed by atoms with Gasteiger partial charge in [0.1, 0.15) is 4.88 Å². The molecule has 8 heteroatoms. The first-order valence-electron chi connectivity index (χ1n) is 6.59. The number of carbonyl (C=O) groups is 1. The third-order valence-electron chi connectivity index (χ3n) is 3.50. The van der Waals surface area contributed by atoms with Gasteiger partial charge in [-0.2, -0.15) is 13.2 Å². The third kappa shape index (κ3) is 2.48. The van der Waals surface area contributed by atoms with Crippen molar-refractivity contribution in [3.8, 4) is 11.3 Å². The van der Waals surface area contributed by atoms with E-state index in [4.69, 9.17) is 5.11 Å². The molecule has 120 valence electrons. The maximum absolute atomic E-state index is 13.3. The number of alkyl halides is 3. The van der Waals surface area contributed by atoms with E-state index < -0.39 is 22.7 Å². The number of nitrogens with zero attached hydrogens (tertiary/aromatic N) is 2. The van der Waals surface area contributed by atoms with Gasteiger partial charge in [-0.1, -0.05) is 41.2 Å². The maximum atomic E-state index is 13.3. The zero-order valence-corrected chi connectivity index (χ0v) is 12.9. The van der Waals surface area contributed by atoms with E-state index in [2.05, 4.69) is 4.98 Å². The first-order chi connectivity index (χ1) is 10.7. The van der Waals surface area contributed by atoms with Gasteiger partial charge in [0.05, 0.1) is 5.69 Å². The van der Waals surface area contributed by atoms with Crippen LogP contribution in [0.3, 0.4) is 0 Å². The lowest BCUT2D eigenvalue weighted by Gasteiger charge is -2.08. The lowest BCUT2D eigenvalue weighted by Crippen LogP contribution is -2.14. The molecular formula is C15H11F3N2O2S. The molecule has 2 aromatic heterocycles. The fourth-order valence-electron chi connectivity index (χ4n) is 2.43. The molecule has 0 aliphatic heterocycles. The van der Waals surface area contributed by atoms with Crippen molar-refractivity contribution in [2.45, 2.75) is 20.0 Å². The van der Waals surface area contributed by atoms with Gasteiger partial charge in [0, 0.05) is 11.3 Å². The molecule has 0 aliphatic rings. The number of hydrogen-bond acceptors (Lipinski definition) is 3. The molecule has 0 spiro atoms. The molecule has 0 aliphatic carbocycles. The lowest BCUT2D eigenvalue weighted by molar-refractivity contribution is -0.142. The molecule has 0 saturated carbocycles. The number of imidazole rings is 1. The van der Waals surface area contributed by atoms with E-state index >= 15 is 0 Å². The maximum Gasteiger partial charge on any atom is 0.433 e. The average Bonchev–Trinajstić information content (AvgIpc) is 2.97. The number of aryl methyl sites for hydroxylation is 2. The normalized spacial score (nSPS) is 12.0. The van der Waals surface area contributed by atoms with Gasteiger partial charge in [-0.15, -0.1) is 0 Å². The summed E-state index contributed by atoms with van der Waals surface area (Å²) in [5, 5.41) is 9.03. The highest BCUT2D eigenvalue weighted by Crippen LogP contribution is 2.39. The predicted molar refractivity (Wildman–Crippen MR) is 79.9 cm³/mol. The summed E-state index contributed by atoms with van der Waals surface area (Å²) in [7, 11) is 0. The fourth-order valence-corrected chi connectivity index (χ4v) is 3.46. The second kappa shape index (κ2) is 5.09. The summed E-state index contributed by atoms with van der Waals surface area (Å²) in [6.07, 6.45) is -4.78. The largest absolute Gasteiger partial charge is 0.477 e. The molecule has 1 aromatic carbocycles. The molecule has 4 nitrogen and oxygen atoms in total. The summed E-state index contributed by atoms with van der Waals surface area (Å²) >= 11 is 0.524. The van der Waals surface area contributed by atoms with E-state index in [1.165, 1.54) is 6.92 Å². The van der Waals surface area contributed by atoms with E-state index in [1.54, 1.807) is 12.1 Å². The number of benzene rings is 1. The van der Waals surface area contributed by atoms with E-state index in [1.807, 2.05) is 19.1 Å². The minimum absolute atomic E-state index is 0.0165. The second-order valence-corrected chi connectivity index (χ2v) is 6.09. The van der Waals surface area contributed by atoms with Crippen molar-refractivity contribution in [3.63, 3.8) is 0 Å². The Labute approximate surface area is 132 Å². The quantitative estimate of drug-likeness (QED) is 0.752. The SMILES string of the molecule is Cc1ccc(-c2nc3sc(C(=O)O)c(C(F)(F)F)n3c2C)cc1. The van der Waals surface area contributed by atoms with Crippen LogP contribution in [-0.2, 0) is 6.18 Å². The summed E-state index contributed by atoms with van der Waals surface area (Å²) < 4.78 is 40.8. The molecule has 3 aromatic rings. The number of thiazole rings is 1. The summed E-state index contributed by atoms with van der Waals surface area (Å²) in [5.41, 5.74) is 1.21. The van der Waals surface area contributed by atoms with Crippen LogP contribution >= 0.6 is 11.3 Å². The van der Waals surface area contributed by atoms with E-state index in [-0.39, 0.29) is 10.7 Å². The number of hydrogen-bond donors (Lipinski definition) is 1. The monoisotopic (exact) mass is 340 g/mol. The van der Waals surface area contributed by atoms with Crippen molar-refractivity contribution in [1.29, 1.82) is 0 Å². The molecule has 3 rings (SSSR count). The van der Waals surface area contributed by atoms with Crippen molar-refractivity contribution in [2.24, 2.45) is 0 Å². The van der Waals surface area contributed by atoms with Crippen molar-refractivity contribution < 1.29 is 23.1 Å². The molecule has 0 radical (unpaired) electrons. The highest BCUT2D eigenvalue weighted by atomic mass is 32.1. The highest BCUT2D eigenvalue weighted by molar-refractivity contribution is 7.19. The van der Waals surface area contributed by atoms with Gasteiger partial charge in [0.25, 0.3) is 0 Å². The average molecular weight is 340 g/mol. The Kier molecular flexibility index (Phi) is 3.44. The van der Waals surface area contributed by atoms with Gasteiger partial charge in [0.2, 0.25) is 0 Å². The number of rotatable bonds is 2. The van der Waals surface area contributed by atoms with Crippen LogP contribution in [0.1, 0.15) is 26.6 Å². The van der Waals surface area contributed by atoms with Crippen molar-refractivity contribution in [3.05, 3.63) is 46.1 Å². The summed E-state index contributed by atoms with van der Waals surface area (Å²) in [5.74, 6) is -1.61. The molecule has 0 amide bonds. The van der Waals surface area contributed by atoms with Gasteiger partial charge in [-0.05, 0) is 13.8 Å². The molecule has 1 N–H and O–H groups in total. The number of fused-ring (bicyclic) bond motifs is 1. The second-order valence-electron chi connectivity index (χ2n) is 5.11. The van der Waals surface area contributed by atoms with Crippen LogP contribution in [0, 0.1) is 13.8 Å². The van der Waals surface area contributed by atoms with E-state index in [0.717, 1.165) is 9.96 Å². The Balaban J connectivity index is 2.30. The van der Waals surface area contributed by atoms with Crippen LogP contribution in [0.25, 0.3) is 16.2 Å². The van der Waals surface area contributed by atoms with Crippen LogP contribution in [0.15, 0.2) is 24.3 Å². The molecule has 0 bridgehead atoms. The molecule has 23 heavy (non-hydrogen) atoms. The Hall–Kier alpha value is -2.35. The molecule has 0 fully saturated rings. The highest BCUT2D eigenvalue weighted by Gasteiger charge is 2.41. The van der Waals surface area contributed by atoms with Gasteiger partial charge < -0.3 is 5.11 Å². The number of carboxylic acids is 1. The number of aromatic nitrogens is 2. The first kappa shape index (κ1) is 15.5. The first-order valence-corrected chi connectivity index (χ1v) is 7.41. The van der Waals surface area contributed by atoms with Crippen molar-refractivity contribution in [1.82, 2.24) is 9.38 Å². The van der Waals surface area contributed by atoms with Crippen molar-refractivity contribution in [2.75, 3.05) is 0 Å². The Morgan fingerprint density at radius 1 is 1.22 bits per heavy atom. The fraction of sp³-hybridized carbons (Fsp3) is 0.200. The Morgan fingerprint density at radius 2 is 1.83 bits per heavy atom. The molecule has 0 unspecified atom stereocenters. The van der Waals surface area contributed by atoms with Gasteiger partial charge in [-0.25, -0.2) is 9.78 Å². The standard InChI is InChI=1S/C15H11F3N2O2S/c1-7-3-5-9(6-4-7)10-8(2)20-12(15(16,17)18)11(13(21)22)23-14(20)19-10/h3-6H,1-2H3,(H,21,22). The number of aromatic carboxylic acids is 1. The van der Waals surface area contributed by atoms with Crippen LogP contribution in [0.5, 0.6) is 0 Å². The lowest BCUT2D eigenvalue weighted by atomic mass is 10.1. The van der Waals surface area contributed by atoms with Gasteiger partial charge >= 0.3 is 12.1 Å². The van der Waals surface area contributed by atoms with Crippen LogP contribution in [0.4, 0.5) is 13.2 Å². The van der Waals surface area contributed by atoms with Crippen LogP contribution in [0.2, 0.25) is 0 Å². The molecule has 0 atom stereocenters. The summed E-state index contributed by atoms with van der Waals surface area (Å²) in [4.78, 5) is 14.6. The van der Waals surface area contributed by atoms with Gasteiger partial charge in [0.15, 0.2) is 10.7 Å². The Morgan fingerprint density at radius 3 is 2.35 bits per heavy atom. The van der Waals surface area contributed by atoms with Gasteiger partial charge in [-0.3, -0.25) is 4.40 Å². The molecular weight excluding hydrogens is 329 g/mol. The van der Waals surface area contributed by atoms with E-state index in [0.29, 0.717) is 22.6 Å². The Bertz CT molecular complexity index is 908. The van der Waals surface area contributed by atoms with E-state index in [9.17, 15) is 18.0 Å². The van der Waals surface area contributed by atoms with Crippen LogP contribution in [-0.4, -0.2) is 20.5 Å². The number of carboxylic acid groups (broad SMARTS) is 1. The third-order valence-corrected chi connectivity index (χ3v) is 4.53. The minimum Gasteiger partial charge on any atom is -0.477 e. The smallest absolute Gasteiger partial charge is 0.433 e. The molecule has 0 saturated heterocycles. The summed E-state index contributed by atoms with van der Waals surface area (Å²) in [6.45, 7) is 3.41. The summed E-state index contributed by atoms with van der Waals surface area (Å²) in [6, 6.07) is 7.24. The predicted octanol–water partition coefficient (Wildman–Crippen LogP) is 4.40. The number of halogens is 3. The molecule has 2 heterocycles. The zero-order chi connectivity index (χ0) is 16.9.